The molecule has 2 heterocycles. The molecule has 10 heteroatoms. The van der Waals surface area contributed by atoms with Gasteiger partial charge in [0.15, 0.2) is 23.0 Å². The van der Waals surface area contributed by atoms with E-state index in [9.17, 15) is 9.59 Å². The first kappa shape index (κ1) is 26.8. The summed E-state index contributed by atoms with van der Waals surface area (Å²) >= 11 is 5.98. The molecule has 3 aromatic rings. The van der Waals surface area contributed by atoms with E-state index in [1.54, 1.807) is 32.4 Å². The van der Waals surface area contributed by atoms with Crippen molar-refractivity contribution in [3.05, 3.63) is 81.9 Å². The quantitative estimate of drug-likeness (QED) is 0.313. The molecule has 41 heavy (non-hydrogen) atoms. The summed E-state index contributed by atoms with van der Waals surface area (Å²) in [5, 5.41) is 3.74. The first-order valence-electron chi connectivity index (χ1n) is 13.1. The highest BCUT2D eigenvalue weighted by Crippen LogP contribution is 2.55. The van der Waals surface area contributed by atoms with E-state index in [2.05, 4.69) is 5.32 Å². The summed E-state index contributed by atoms with van der Waals surface area (Å²) in [5.74, 6) is 0.513. The van der Waals surface area contributed by atoms with Crippen LogP contribution in [0.3, 0.4) is 0 Å². The Hall–Kier alpha value is -4.37. The molecule has 1 saturated heterocycles. The second-order valence-electron chi connectivity index (χ2n) is 9.96. The van der Waals surface area contributed by atoms with Crippen molar-refractivity contribution in [3.63, 3.8) is 0 Å². The Labute approximate surface area is 241 Å². The van der Waals surface area contributed by atoms with Crippen molar-refractivity contribution in [3.8, 4) is 28.7 Å². The summed E-state index contributed by atoms with van der Waals surface area (Å²) in [4.78, 5) is 26.5. The highest BCUT2D eigenvalue weighted by molar-refractivity contribution is 6.30. The number of halogens is 1. The Kier molecular flexibility index (Phi) is 7.13. The van der Waals surface area contributed by atoms with Crippen molar-refractivity contribution in [2.24, 2.45) is 11.8 Å². The van der Waals surface area contributed by atoms with Crippen LogP contribution in [0.25, 0.3) is 6.08 Å². The van der Waals surface area contributed by atoms with Crippen molar-refractivity contribution in [1.82, 2.24) is 5.32 Å². The first-order chi connectivity index (χ1) is 19.9. The summed E-state index contributed by atoms with van der Waals surface area (Å²) < 4.78 is 33.8. The monoisotopic (exact) mass is 577 g/mol. The second-order valence-corrected chi connectivity index (χ2v) is 10.4. The number of hydrogen-bond donors (Lipinski definition) is 1. The molecule has 3 aromatic carbocycles. The normalized spacial score (nSPS) is 22.1. The molecule has 1 fully saturated rings. The number of rotatable bonds is 7. The molecule has 1 amide bonds. The SMILES string of the molecule is COc1cc([C@@H]2c3cc4c(cc3[C@@H](NC(=O)/C=C/c3ccc(Cl)cc3)[C@H]3COC(=O)[C@H]23)OCO4)cc(OC)c1OC. The van der Waals surface area contributed by atoms with Crippen LogP contribution in [0.2, 0.25) is 5.02 Å². The number of amides is 1. The molecule has 0 saturated carbocycles. The van der Waals surface area contributed by atoms with Gasteiger partial charge in [0, 0.05) is 22.9 Å². The van der Waals surface area contributed by atoms with Crippen LogP contribution >= 0.6 is 11.6 Å². The molecule has 0 bridgehead atoms. The molecule has 212 valence electrons. The molecule has 0 spiro atoms. The maximum atomic E-state index is 13.3. The minimum Gasteiger partial charge on any atom is -0.493 e. The average Bonchev–Trinajstić information content (AvgIpc) is 3.61. The van der Waals surface area contributed by atoms with E-state index in [0.717, 1.165) is 22.3 Å². The van der Waals surface area contributed by atoms with E-state index in [0.29, 0.717) is 33.8 Å². The van der Waals surface area contributed by atoms with Crippen molar-refractivity contribution >= 4 is 29.6 Å². The number of carbonyl (C=O) groups excluding carboxylic acids is 2. The number of carbonyl (C=O) groups is 2. The summed E-state index contributed by atoms with van der Waals surface area (Å²) in [6.45, 7) is 0.243. The molecule has 0 aromatic heterocycles. The summed E-state index contributed by atoms with van der Waals surface area (Å²) in [6.07, 6.45) is 3.18. The zero-order valence-electron chi connectivity index (χ0n) is 22.6. The van der Waals surface area contributed by atoms with Crippen LogP contribution in [0, 0.1) is 11.8 Å². The molecule has 2 aliphatic heterocycles. The number of fused-ring (bicyclic) bond motifs is 3. The Morgan fingerprint density at radius 1 is 0.927 bits per heavy atom. The Balaban J connectivity index is 1.44. The molecular formula is C31H28ClNO8. The van der Waals surface area contributed by atoms with E-state index in [-0.39, 0.29) is 31.2 Å². The van der Waals surface area contributed by atoms with E-state index >= 15 is 0 Å². The number of hydrogen-bond acceptors (Lipinski definition) is 8. The van der Waals surface area contributed by atoms with Crippen LogP contribution in [0.4, 0.5) is 0 Å². The topological polar surface area (TPSA) is 102 Å². The van der Waals surface area contributed by atoms with Gasteiger partial charge >= 0.3 is 5.97 Å². The predicted molar refractivity (Wildman–Crippen MR) is 150 cm³/mol. The van der Waals surface area contributed by atoms with Gasteiger partial charge in [0.1, 0.15) is 0 Å². The van der Waals surface area contributed by atoms with Gasteiger partial charge in [0.2, 0.25) is 18.4 Å². The Bertz CT molecular complexity index is 1510. The third-order valence-corrected chi connectivity index (χ3v) is 8.08. The van der Waals surface area contributed by atoms with Gasteiger partial charge in [-0.05, 0) is 64.7 Å². The Morgan fingerprint density at radius 3 is 2.22 bits per heavy atom. The third kappa shape index (κ3) is 4.80. The Morgan fingerprint density at radius 2 is 1.59 bits per heavy atom. The predicted octanol–water partition coefficient (Wildman–Crippen LogP) is 4.90. The van der Waals surface area contributed by atoms with Gasteiger partial charge in [-0.25, -0.2) is 0 Å². The molecule has 3 aliphatic rings. The maximum Gasteiger partial charge on any atom is 0.310 e. The lowest BCUT2D eigenvalue weighted by Gasteiger charge is -2.39. The number of cyclic esters (lactones) is 1. The molecule has 9 nitrogen and oxygen atoms in total. The van der Waals surface area contributed by atoms with Gasteiger partial charge in [-0.3, -0.25) is 9.59 Å². The molecule has 0 unspecified atom stereocenters. The fraction of sp³-hybridized carbons (Fsp3) is 0.290. The molecular weight excluding hydrogens is 550 g/mol. The van der Waals surface area contributed by atoms with Crippen LogP contribution < -0.4 is 29.0 Å². The average molecular weight is 578 g/mol. The lowest BCUT2D eigenvalue weighted by molar-refractivity contribution is -0.141. The largest absolute Gasteiger partial charge is 0.493 e. The van der Waals surface area contributed by atoms with Crippen molar-refractivity contribution in [1.29, 1.82) is 0 Å². The lowest BCUT2D eigenvalue weighted by atomic mass is 9.65. The van der Waals surface area contributed by atoms with Crippen LogP contribution in [0.1, 0.15) is 34.2 Å². The standard InChI is InChI=1S/C31H28ClNO8/c1-36-24-10-17(11-25(37-2)30(24)38-3)27-19-12-22-23(41-15-40-22)13-20(19)29(21-14-39-31(35)28(21)27)33-26(34)9-6-16-4-7-18(32)8-5-16/h4-13,21,27-29H,14-15H2,1-3H3,(H,33,34)/b9-6+/t21-,27+,28-,29+/m0/s1. The number of methoxy groups -OCH3 is 3. The van der Waals surface area contributed by atoms with E-state index in [4.69, 9.17) is 40.0 Å². The molecule has 1 N–H and O–H groups in total. The number of nitrogens with one attached hydrogen (secondary N) is 1. The minimum atomic E-state index is -0.587. The van der Waals surface area contributed by atoms with Gasteiger partial charge in [-0.1, -0.05) is 23.7 Å². The van der Waals surface area contributed by atoms with E-state index in [1.807, 2.05) is 36.4 Å². The summed E-state index contributed by atoms with van der Waals surface area (Å²) in [5.41, 5.74) is 3.24. The fourth-order valence-corrected chi connectivity index (χ4v) is 6.10. The summed E-state index contributed by atoms with van der Waals surface area (Å²) in [7, 11) is 4.63. The molecule has 0 radical (unpaired) electrons. The fourth-order valence-electron chi connectivity index (χ4n) is 5.98. The zero-order chi connectivity index (χ0) is 28.7. The van der Waals surface area contributed by atoms with Gasteiger partial charge in [-0.2, -0.15) is 0 Å². The molecule has 4 atom stereocenters. The highest BCUT2D eigenvalue weighted by Gasteiger charge is 2.53. The smallest absolute Gasteiger partial charge is 0.310 e. The van der Waals surface area contributed by atoms with Crippen molar-refractivity contribution in [2.45, 2.75) is 12.0 Å². The molecule has 1 aliphatic carbocycles. The molecule has 6 rings (SSSR count). The first-order valence-corrected chi connectivity index (χ1v) is 13.4. The van der Waals surface area contributed by atoms with Crippen LogP contribution in [0.5, 0.6) is 28.7 Å². The van der Waals surface area contributed by atoms with Crippen LogP contribution in [-0.2, 0) is 14.3 Å². The van der Waals surface area contributed by atoms with Crippen LogP contribution in [0.15, 0.2) is 54.6 Å². The number of benzene rings is 3. The summed E-state index contributed by atoms with van der Waals surface area (Å²) in [6, 6.07) is 14.1. The van der Waals surface area contributed by atoms with Gasteiger partial charge in [0.25, 0.3) is 0 Å². The van der Waals surface area contributed by atoms with E-state index < -0.39 is 17.9 Å². The van der Waals surface area contributed by atoms with Gasteiger partial charge < -0.3 is 33.7 Å². The number of ether oxygens (including phenoxy) is 6. The third-order valence-electron chi connectivity index (χ3n) is 7.83. The van der Waals surface area contributed by atoms with Crippen LogP contribution in [-0.4, -0.2) is 46.6 Å². The van der Waals surface area contributed by atoms with Crippen molar-refractivity contribution in [2.75, 3.05) is 34.7 Å². The second kappa shape index (κ2) is 10.9. The maximum absolute atomic E-state index is 13.3. The highest BCUT2D eigenvalue weighted by atomic mass is 35.5. The zero-order valence-corrected chi connectivity index (χ0v) is 23.4. The number of esters is 1. The lowest BCUT2D eigenvalue weighted by Crippen LogP contribution is -2.42. The van der Waals surface area contributed by atoms with Gasteiger partial charge in [-0.15, -0.1) is 0 Å². The van der Waals surface area contributed by atoms with Crippen molar-refractivity contribution < 1.29 is 38.0 Å². The van der Waals surface area contributed by atoms with Gasteiger partial charge in [0.05, 0.1) is 39.9 Å². The van der Waals surface area contributed by atoms with E-state index in [1.165, 1.54) is 13.2 Å². The minimum absolute atomic E-state index is 0.0861.